The van der Waals surface area contributed by atoms with E-state index in [9.17, 15) is 14.4 Å². The van der Waals surface area contributed by atoms with Gasteiger partial charge in [-0.05, 0) is 43.9 Å². The van der Waals surface area contributed by atoms with Crippen molar-refractivity contribution in [1.29, 1.82) is 0 Å². The molecule has 0 aliphatic rings. The quantitative estimate of drug-likeness (QED) is 0.504. The van der Waals surface area contributed by atoms with E-state index in [1.165, 1.54) is 11.8 Å². The minimum absolute atomic E-state index is 0.194. The van der Waals surface area contributed by atoms with E-state index in [1.807, 2.05) is 19.1 Å². The van der Waals surface area contributed by atoms with E-state index >= 15 is 0 Å². The molecule has 25 heavy (non-hydrogen) atoms. The molecule has 0 aliphatic heterocycles. The number of hydrogen-bond acceptors (Lipinski definition) is 5. The molecule has 2 rings (SSSR count). The molecule has 1 heterocycles. The Bertz CT molecular complexity index is 882. The molecule has 2 aromatic rings. The third kappa shape index (κ3) is 4.93. The molecule has 0 radical (unpaired) electrons. The van der Waals surface area contributed by atoms with Gasteiger partial charge in [-0.1, -0.05) is 15.9 Å². The van der Waals surface area contributed by atoms with Gasteiger partial charge in [-0.2, -0.15) is 4.98 Å². The summed E-state index contributed by atoms with van der Waals surface area (Å²) in [6.45, 7) is 3.29. The first-order valence-electron chi connectivity index (χ1n) is 7.31. The Hall–Kier alpha value is -2.13. The number of aromatic amines is 1. The molecule has 0 atom stereocenters. The van der Waals surface area contributed by atoms with Gasteiger partial charge in [0.2, 0.25) is 5.91 Å². The van der Waals surface area contributed by atoms with E-state index in [2.05, 4.69) is 36.5 Å². The fourth-order valence-corrected chi connectivity index (χ4v) is 3.28. The van der Waals surface area contributed by atoms with E-state index < -0.39 is 11.6 Å². The number of aromatic nitrogens is 2. The van der Waals surface area contributed by atoms with Crippen molar-refractivity contribution in [3.05, 3.63) is 50.0 Å². The van der Waals surface area contributed by atoms with E-state index in [1.54, 1.807) is 19.2 Å². The predicted octanol–water partition coefficient (Wildman–Crippen LogP) is 2.24. The SMILES string of the molecule is CSc1nc(=O)[nH]c(C)c1C(=O)NCC(=O)Nc1ccc(Br)cc1C. The number of thioether (sulfide) groups is 1. The summed E-state index contributed by atoms with van der Waals surface area (Å²) in [6.07, 6.45) is 1.72. The predicted molar refractivity (Wildman–Crippen MR) is 101 cm³/mol. The first kappa shape index (κ1) is 19.2. The number of carbonyl (C=O) groups is 2. The number of anilines is 1. The van der Waals surface area contributed by atoms with Crippen LogP contribution in [0, 0.1) is 13.8 Å². The van der Waals surface area contributed by atoms with Crippen molar-refractivity contribution in [3.8, 4) is 0 Å². The van der Waals surface area contributed by atoms with Gasteiger partial charge in [0.1, 0.15) is 5.03 Å². The largest absolute Gasteiger partial charge is 0.346 e. The van der Waals surface area contributed by atoms with Crippen LogP contribution in [-0.2, 0) is 4.79 Å². The lowest BCUT2D eigenvalue weighted by atomic mass is 10.2. The summed E-state index contributed by atoms with van der Waals surface area (Å²) in [7, 11) is 0. The molecular weight excluding hydrogens is 408 g/mol. The van der Waals surface area contributed by atoms with E-state index in [4.69, 9.17) is 0 Å². The summed E-state index contributed by atoms with van der Waals surface area (Å²) in [6, 6.07) is 5.48. The Kier molecular flexibility index (Phi) is 6.38. The normalized spacial score (nSPS) is 10.4. The molecule has 0 unspecified atom stereocenters. The molecule has 0 bridgehead atoms. The van der Waals surface area contributed by atoms with Crippen LogP contribution in [0.25, 0.3) is 0 Å². The highest BCUT2D eigenvalue weighted by Crippen LogP contribution is 2.20. The molecule has 1 aromatic heterocycles. The lowest BCUT2D eigenvalue weighted by molar-refractivity contribution is -0.115. The molecule has 0 fully saturated rings. The zero-order chi connectivity index (χ0) is 18.6. The van der Waals surface area contributed by atoms with Gasteiger partial charge in [0.15, 0.2) is 0 Å². The van der Waals surface area contributed by atoms with Crippen molar-refractivity contribution in [3.63, 3.8) is 0 Å². The number of rotatable bonds is 5. The van der Waals surface area contributed by atoms with Crippen molar-refractivity contribution < 1.29 is 9.59 Å². The van der Waals surface area contributed by atoms with Gasteiger partial charge >= 0.3 is 5.69 Å². The van der Waals surface area contributed by atoms with Gasteiger partial charge in [0.05, 0.1) is 12.1 Å². The van der Waals surface area contributed by atoms with Crippen molar-refractivity contribution in [2.24, 2.45) is 0 Å². The minimum Gasteiger partial charge on any atom is -0.343 e. The summed E-state index contributed by atoms with van der Waals surface area (Å²) >= 11 is 4.56. The lowest BCUT2D eigenvalue weighted by Gasteiger charge is -2.11. The second kappa shape index (κ2) is 8.30. The fourth-order valence-electron chi connectivity index (χ4n) is 2.19. The third-order valence-corrected chi connectivity index (χ3v) is 4.55. The number of nitrogens with one attached hydrogen (secondary N) is 3. The monoisotopic (exact) mass is 424 g/mol. The number of hydrogen-bond donors (Lipinski definition) is 3. The summed E-state index contributed by atoms with van der Waals surface area (Å²) in [5, 5.41) is 5.61. The van der Waals surface area contributed by atoms with Gasteiger partial charge in [0.25, 0.3) is 5.91 Å². The maximum Gasteiger partial charge on any atom is 0.346 e. The highest BCUT2D eigenvalue weighted by molar-refractivity contribution is 9.10. The molecule has 1 aromatic carbocycles. The Morgan fingerprint density at radius 2 is 2.04 bits per heavy atom. The maximum absolute atomic E-state index is 12.4. The van der Waals surface area contributed by atoms with Crippen molar-refractivity contribution in [2.45, 2.75) is 18.9 Å². The zero-order valence-electron chi connectivity index (χ0n) is 13.9. The fraction of sp³-hybridized carbons (Fsp3) is 0.250. The van der Waals surface area contributed by atoms with Crippen LogP contribution in [-0.4, -0.2) is 34.6 Å². The second-order valence-corrected chi connectivity index (χ2v) is 6.95. The highest BCUT2D eigenvalue weighted by Gasteiger charge is 2.17. The number of carbonyl (C=O) groups excluding carboxylic acids is 2. The van der Waals surface area contributed by atoms with Crippen molar-refractivity contribution >= 4 is 45.2 Å². The zero-order valence-corrected chi connectivity index (χ0v) is 16.3. The Labute approximate surface area is 157 Å². The van der Waals surface area contributed by atoms with Gasteiger partial charge < -0.3 is 15.6 Å². The first-order valence-corrected chi connectivity index (χ1v) is 9.32. The molecular formula is C16H17BrN4O3S. The standard InChI is InChI=1S/C16H17BrN4O3S/c1-8-6-10(17)4-5-11(8)20-12(22)7-18-14(23)13-9(2)19-16(24)21-15(13)25-3/h4-6H,7H2,1-3H3,(H,18,23)(H,20,22)(H,19,21,24). The Balaban J connectivity index is 2.05. The minimum atomic E-state index is -0.512. The van der Waals surface area contributed by atoms with E-state index in [-0.39, 0.29) is 18.0 Å². The highest BCUT2D eigenvalue weighted by atomic mass is 79.9. The molecule has 9 heteroatoms. The lowest BCUT2D eigenvalue weighted by Crippen LogP contribution is -2.34. The Morgan fingerprint density at radius 1 is 1.32 bits per heavy atom. The molecule has 2 amide bonds. The number of aryl methyl sites for hydroxylation is 2. The number of H-pyrrole nitrogens is 1. The van der Waals surface area contributed by atoms with Gasteiger partial charge in [0, 0.05) is 15.9 Å². The van der Waals surface area contributed by atoms with Crippen LogP contribution in [0.2, 0.25) is 0 Å². The molecule has 0 spiro atoms. The molecule has 7 nitrogen and oxygen atoms in total. The summed E-state index contributed by atoms with van der Waals surface area (Å²) in [5.74, 6) is -0.812. The van der Waals surface area contributed by atoms with Crippen molar-refractivity contribution in [2.75, 3.05) is 18.1 Å². The van der Waals surface area contributed by atoms with Crippen LogP contribution in [0.1, 0.15) is 21.6 Å². The number of halogens is 1. The maximum atomic E-state index is 12.4. The average Bonchev–Trinajstić information content (AvgIpc) is 2.54. The Morgan fingerprint density at radius 3 is 2.68 bits per heavy atom. The molecule has 132 valence electrons. The molecule has 0 aliphatic carbocycles. The third-order valence-electron chi connectivity index (χ3n) is 3.38. The molecule has 0 saturated carbocycles. The van der Waals surface area contributed by atoms with Crippen LogP contribution in [0.5, 0.6) is 0 Å². The van der Waals surface area contributed by atoms with Crippen molar-refractivity contribution in [1.82, 2.24) is 15.3 Å². The summed E-state index contributed by atoms with van der Waals surface area (Å²) in [5.41, 5.74) is 1.74. The van der Waals surface area contributed by atoms with Gasteiger partial charge in [-0.15, -0.1) is 11.8 Å². The smallest absolute Gasteiger partial charge is 0.343 e. The van der Waals surface area contributed by atoms with Crippen LogP contribution in [0.3, 0.4) is 0 Å². The summed E-state index contributed by atoms with van der Waals surface area (Å²) in [4.78, 5) is 42.1. The van der Waals surface area contributed by atoms with Gasteiger partial charge in [-0.25, -0.2) is 4.79 Å². The molecule has 0 saturated heterocycles. The van der Waals surface area contributed by atoms with Crippen LogP contribution >= 0.6 is 27.7 Å². The average molecular weight is 425 g/mol. The topological polar surface area (TPSA) is 104 Å². The number of amides is 2. The number of benzene rings is 1. The van der Waals surface area contributed by atoms with Crippen LogP contribution < -0.4 is 16.3 Å². The summed E-state index contributed by atoms with van der Waals surface area (Å²) < 4.78 is 0.918. The second-order valence-electron chi connectivity index (χ2n) is 5.24. The first-order chi connectivity index (χ1) is 11.8. The molecule has 3 N–H and O–H groups in total. The van der Waals surface area contributed by atoms with Crippen LogP contribution in [0.15, 0.2) is 32.5 Å². The van der Waals surface area contributed by atoms with Gasteiger partial charge in [-0.3, -0.25) is 9.59 Å². The number of nitrogens with zero attached hydrogens (tertiary/aromatic N) is 1. The van der Waals surface area contributed by atoms with E-state index in [0.717, 1.165) is 10.0 Å². The van der Waals surface area contributed by atoms with Crippen LogP contribution in [0.4, 0.5) is 5.69 Å². The van der Waals surface area contributed by atoms with E-state index in [0.29, 0.717) is 16.4 Å².